The molecule has 0 saturated carbocycles. The lowest BCUT2D eigenvalue weighted by Gasteiger charge is -2.13. The molecule has 1 atom stereocenters. The van der Waals surface area contributed by atoms with Crippen molar-refractivity contribution in [2.45, 2.75) is 12.8 Å². The van der Waals surface area contributed by atoms with Crippen LogP contribution in [-0.4, -0.2) is 16.1 Å². The van der Waals surface area contributed by atoms with Crippen LogP contribution >= 0.6 is 11.6 Å². The fourth-order valence-corrected chi connectivity index (χ4v) is 1.80. The highest BCUT2D eigenvalue weighted by Gasteiger charge is 2.18. The lowest BCUT2D eigenvalue weighted by Crippen LogP contribution is -2.10. The maximum Gasteiger partial charge on any atom is 0.310 e. The van der Waals surface area contributed by atoms with E-state index in [1.54, 1.807) is 37.4 Å². The summed E-state index contributed by atoms with van der Waals surface area (Å²) in [6, 6.07) is 10.6. The van der Waals surface area contributed by atoms with E-state index in [-0.39, 0.29) is 0 Å². The first-order valence-electron chi connectivity index (χ1n) is 5.78. The predicted octanol–water partition coefficient (Wildman–Crippen LogP) is 3.67. The Labute approximate surface area is 116 Å². The first-order chi connectivity index (χ1) is 9.08. The smallest absolute Gasteiger partial charge is 0.310 e. The molecule has 0 saturated heterocycles. The van der Waals surface area contributed by atoms with Gasteiger partial charge in [-0.05, 0) is 37.3 Å². The van der Waals surface area contributed by atoms with E-state index in [1.807, 2.05) is 12.1 Å². The number of aliphatic carboxylic acids is 1. The Kier molecular flexibility index (Phi) is 4.02. The van der Waals surface area contributed by atoms with E-state index in [4.69, 9.17) is 16.7 Å². The van der Waals surface area contributed by atoms with Gasteiger partial charge in [0.05, 0.1) is 5.92 Å². The largest absolute Gasteiger partial charge is 0.481 e. The average Bonchev–Trinajstić information content (AvgIpc) is 2.41. The first-order valence-corrected chi connectivity index (χ1v) is 6.16. The summed E-state index contributed by atoms with van der Waals surface area (Å²) < 4.78 is 0. The van der Waals surface area contributed by atoms with E-state index in [9.17, 15) is 4.79 Å². The number of anilines is 2. The molecule has 1 unspecified atom stereocenters. The van der Waals surface area contributed by atoms with Crippen molar-refractivity contribution in [3.8, 4) is 0 Å². The number of hydrogen-bond donors (Lipinski definition) is 2. The Balaban J connectivity index is 2.30. The third-order valence-electron chi connectivity index (χ3n) is 2.78. The monoisotopic (exact) mass is 276 g/mol. The summed E-state index contributed by atoms with van der Waals surface area (Å²) in [6.07, 6.45) is 1.62. The molecule has 0 aliphatic heterocycles. The zero-order valence-corrected chi connectivity index (χ0v) is 11.1. The molecule has 0 fully saturated rings. The van der Waals surface area contributed by atoms with Gasteiger partial charge in [-0.2, -0.15) is 0 Å². The van der Waals surface area contributed by atoms with Crippen molar-refractivity contribution in [2.75, 3.05) is 5.32 Å². The fraction of sp³-hybridized carbons (Fsp3) is 0.143. The number of halogens is 1. The van der Waals surface area contributed by atoms with Gasteiger partial charge in [0.25, 0.3) is 0 Å². The second-order valence-corrected chi connectivity index (χ2v) is 4.57. The topological polar surface area (TPSA) is 62.2 Å². The fourth-order valence-electron chi connectivity index (χ4n) is 1.67. The number of carboxylic acid groups (broad SMARTS) is 1. The van der Waals surface area contributed by atoms with Gasteiger partial charge in [-0.25, -0.2) is 4.98 Å². The summed E-state index contributed by atoms with van der Waals surface area (Å²) in [6.45, 7) is 1.63. The van der Waals surface area contributed by atoms with Crippen molar-refractivity contribution in [3.05, 3.63) is 53.2 Å². The van der Waals surface area contributed by atoms with Gasteiger partial charge in [0.15, 0.2) is 0 Å². The summed E-state index contributed by atoms with van der Waals surface area (Å²) in [5.41, 5.74) is 1.45. The molecule has 0 bridgehead atoms. The number of benzene rings is 1. The number of carboxylic acids is 1. The molecule has 0 radical (unpaired) electrons. The van der Waals surface area contributed by atoms with Gasteiger partial charge in [0.2, 0.25) is 0 Å². The van der Waals surface area contributed by atoms with Crippen molar-refractivity contribution >= 4 is 29.1 Å². The van der Waals surface area contributed by atoms with E-state index in [0.717, 1.165) is 5.69 Å². The molecule has 2 aromatic rings. The van der Waals surface area contributed by atoms with E-state index >= 15 is 0 Å². The van der Waals surface area contributed by atoms with Crippen LogP contribution in [0.15, 0.2) is 42.6 Å². The van der Waals surface area contributed by atoms with Crippen LogP contribution < -0.4 is 5.32 Å². The van der Waals surface area contributed by atoms with E-state index in [0.29, 0.717) is 16.4 Å². The summed E-state index contributed by atoms with van der Waals surface area (Å²) >= 11 is 5.82. The van der Waals surface area contributed by atoms with Crippen LogP contribution in [0.5, 0.6) is 0 Å². The van der Waals surface area contributed by atoms with Crippen LogP contribution in [-0.2, 0) is 4.79 Å². The highest BCUT2D eigenvalue weighted by Crippen LogP contribution is 2.25. The van der Waals surface area contributed by atoms with Crippen LogP contribution in [0.4, 0.5) is 11.5 Å². The number of rotatable bonds is 4. The second-order valence-electron chi connectivity index (χ2n) is 4.13. The lowest BCUT2D eigenvalue weighted by molar-refractivity contribution is -0.138. The molecular weight excluding hydrogens is 264 g/mol. The zero-order valence-electron chi connectivity index (χ0n) is 10.3. The maximum absolute atomic E-state index is 11.1. The molecule has 19 heavy (non-hydrogen) atoms. The Morgan fingerprint density at radius 3 is 2.63 bits per heavy atom. The van der Waals surface area contributed by atoms with Gasteiger partial charge in [-0.1, -0.05) is 17.7 Å². The molecule has 1 aromatic heterocycles. The molecule has 1 heterocycles. The lowest BCUT2D eigenvalue weighted by atomic mass is 10.0. The van der Waals surface area contributed by atoms with Gasteiger partial charge in [-0.15, -0.1) is 0 Å². The van der Waals surface area contributed by atoms with Gasteiger partial charge in [-0.3, -0.25) is 4.79 Å². The number of pyridine rings is 1. The maximum atomic E-state index is 11.1. The highest BCUT2D eigenvalue weighted by atomic mass is 35.5. The van der Waals surface area contributed by atoms with E-state index in [2.05, 4.69) is 10.3 Å². The zero-order chi connectivity index (χ0) is 13.8. The van der Waals surface area contributed by atoms with Gasteiger partial charge in [0.1, 0.15) is 5.82 Å². The third kappa shape index (κ3) is 3.23. The normalized spacial score (nSPS) is 11.9. The van der Waals surface area contributed by atoms with Crippen molar-refractivity contribution in [1.82, 2.24) is 4.98 Å². The van der Waals surface area contributed by atoms with Gasteiger partial charge in [0, 0.05) is 22.5 Å². The van der Waals surface area contributed by atoms with Crippen LogP contribution in [0.25, 0.3) is 0 Å². The minimum Gasteiger partial charge on any atom is -0.481 e. The molecule has 0 spiro atoms. The Morgan fingerprint density at radius 2 is 2.00 bits per heavy atom. The molecule has 1 aromatic carbocycles. The van der Waals surface area contributed by atoms with Crippen molar-refractivity contribution in [2.24, 2.45) is 0 Å². The van der Waals surface area contributed by atoms with Crippen molar-refractivity contribution < 1.29 is 9.90 Å². The molecular formula is C14H13ClN2O2. The molecule has 98 valence electrons. The molecule has 0 amide bonds. The molecule has 4 nitrogen and oxygen atoms in total. The standard InChI is InChI=1S/C14H13ClN2O2/c1-9(14(18)19)12-3-2-8-16-13(12)17-11-6-4-10(15)5-7-11/h2-9H,1H3,(H,16,17)(H,18,19). The number of aromatic nitrogens is 1. The Hall–Kier alpha value is -2.07. The number of nitrogens with one attached hydrogen (secondary N) is 1. The first kappa shape index (κ1) is 13.4. The Morgan fingerprint density at radius 1 is 1.32 bits per heavy atom. The molecule has 2 N–H and O–H groups in total. The van der Waals surface area contributed by atoms with Gasteiger partial charge >= 0.3 is 5.97 Å². The predicted molar refractivity (Wildman–Crippen MR) is 75.0 cm³/mol. The van der Waals surface area contributed by atoms with Crippen LogP contribution in [0.2, 0.25) is 5.02 Å². The number of nitrogens with zero attached hydrogens (tertiary/aromatic N) is 1. The molecule has 2 rings (SSSR count). The average molecular weight is 277 g/mol. The molecule has 0 aliphatic rings. The summed E-state index contributed by atoms with van der Waals surface area (Å²) in [5, 5.41) is 12.8. The quantitative estimate of drug-likeness (QED) is 0.894. The summed E-state index contributed by atoms with van der Waals surface area (Å²) in [5.74, 6) is -0.963. The molecule has 0 aliphatic carbocycles. The van der Waals surface area contributed by atoms with E-state index in [1.165, 1.54) is 0 Å². The van der Waals surface area contributed by atoms with Crippen LogP contribution in [0, 0.1) is 0 Å². The van der Waals surface area contributed by atoms with Crippen LogP contribution in [0.1, 0.15) is 18.4 Å². The third-order valence-corrected chi connectivity index (χ3v) is 3.03. The summed E-state index contributed by atoms with van der Waals surface area (Å²) in [7, 11) is 0. The second kappa shape index (κ2) is 5.71. The summed E-state index contributed by atoms with van der Waals surface area (Å²) in [4.78, 5) is 15.3. The minimum absolute atomic E-state index is 0.541. The Bertz CT molecular complexity index is 584. The van der Waals surface area contributed by atoms with Gasteiger partial charge < -0.3 is 10.4 Å². The number of carbonyl (C=O) groups is 1. The minimum atomic E-state index is -0.882. The van der Waals surface area contributed by atoms with E-state index < -0.39 is 11.9 Å². The van der Waals surface area contributed by atoms with Crippen molar-refractivity contribution in [1.29, 1.82) is 0 Å². The highest BCUT2D eigenvalue weighted by molar-refractivity contribution is 6.30. The van der Waals surface area contributed by atoms with Crippen molar-refractivity contribution in [3.63, 3.8) is 0 Å². The SMILES string of the molecule is CC(C(=O)O)c1cccnc1Nc1ccc(Cl)cc1. The van der Waals surface area contributed by atoms with Crippen LogP contribution in [0.3, 0.4) is 0 Å². The molecule has 5 heteroatoms. The number of hydrogen-bond acceptors (Lipinski definition) is 3.